The predicted molar refractivity (Wildman–Crippen MR) is 86.2 cm³/mol. The van der Waals surface area contributed by atoms with Crippen molar-refractivity contribution in [2.45, 2.75) is 25.4 Å². The van der Waals surface area contributed by atoms with Gasteiger partial charge in [-0.25, -0.2) is 4.98 Å². The van der Waals surface area contributed by atoms with E-state index in [1.165, 1.54) is 0 Å². The molecule has 1 atom stereocenters. The lowest BCUT2D eigenvalue weighted by atomic mass is 10.3. The molecule has 2 aromatic heterocycles. The number of alkyl halides is 1. The van der Waals surface area contributed by atoms with Gasteiger partial charge in [0.15, 0.2) is 0 Å². The molecule has 7 heteroatoms. The Balaban J connectivity index is 2.04. The fourth-order valence-electron chi connectivity index (χ4n) is 2.31. The summed E-state index contributed by atoms with van der Waals surface area (Å²) in [7, 11) is 0. The van der Waals surface area contributed by atoms with E-state index in [0.29, 0.717) is 16.6 Å². The second-order valence-corrected chi connectivity index (χ2v) is 6.23. The van der Waals surface area contributed by atoms with Gasteiger partial charge in [0.25, 0.3) is 0 Å². The largest absolute Gasteiger partial charge is 0.325 e. The summed E-state index contributed by atoms with van der Waals surface area (Å²) in [4.78, 5) is 4.57. The van der Waals surface area contributed by atoms with Gasteiger partial charge in [-0.2, -0.15) is 5.10 Å². The number of rotatable bonds is 4. The maximum Gasteiger partial charge on any atom is 0.127 e. The lowest BCUT2D eigenvalue weighted by Crippen LogP contribution is -2.11. The summed E-state index contributed by atoms with van der Waals surface area (Å²) in [6, 6.07) is 5.50. The minimum absolute atomic E-state index is 0.201. The van der Waals surface area contributed by atoms with Crippen LogP contribution >= 0.6 is 34.8 Å². The Bertz CT molecular complexity index is 762. The summed E-state index contributed by atoms with van der Waals surface area (Å²) in [5, 5.41) is 5.01. The third-order valence-corrected chi connectivity index (χ3v) is 4.20. The highest BCUT2D eigenvalue weighted by Gasteiger charge is 2.16. The number of halogens is 3. The molecule has 0 saturated heterocycles. The Morgan fingerprint density at radius 1 is 1.19 bits per heavy atom. The molecule has 0 N–H and O–H groups in total. The topological polar surface area (TPSA) is 35.6 Å². The zero-order valence-electron chi connectivity index (χ0n) is 11.3. The molecule has 0 bridgehead atoms. The first-order valence-corrected chi connectivity index (χ1v) is 7.72. The van der Waals surface area contributed by atoms with Crippen LogP contribution < -0.4 is 0 Å². The van der Waals surface area contributed by atoms with Crippen LogP contribution in [0.3, 0.4) is 0 Å². The highest BCUT2D eigenvalue weighted by atomic mass is 35.5. The van der Waals surface area contributed by atoms with E-state index in [1.54, 1.807) is 12.3 Å². The van der Waals surface area contributed by atoms with Crippen LogP contribution in [0.5, 0.6) is 0 Å². The molecule has 0 aliphatic rings. The van der Waals surface area contributed by atoms with Gasteiger partial charge in [-0.15, -0.1) is 11.6 Å². The van der Waals surface area contributed by atoms with Gasteiger partial charge in [0.05, 0.1) is 33.0 Å². The lowest BCUT2D eigenvalue weighted by molar-refractivity contribution is 0.528. The maximum atomic E-state index is 6.25. The van der Waals surface area contributed by atoms with E-state index in [2.05, 4.69) is 14.6 Å². The van der Waals surface area contributed by atoms with Crippen LogP contribution in [-0.2, 0) is 13.1 Å². The summed E-state index contributed by atoms with van der Waals surface area (Å²) in [5.41, 5.74) is 1.73. The van der Waals surface area contributed by atoms with Crippen LogP contribution in [-0.4, -0.2) is 19.3 Å². The zero-order valence-corrected chi connectivity index (χ0v) is 13.6. The van der Waals surface area contributed by atoms with Crippen LogP contribution in [0.25, 0.3) is 11.0 Å². The molecule has 3 rings (SSSR count). The molecule has 0 saturated carbocycles. The third-order valence-electron chi connectivity index (χ3n) is 3.29. The van der Waals surface area contributed by atoms with Crippen molar-refractivity contribution in [3.8, 4) is 0 Å². The first-order chi connectivity index (χ1) is 10.1. The summed E-state index contributed by atoms with van der Waals surface area (Å²) in [6.45, 7) is 3.34. The number of imidazole rings is 1. The second-order valence-electron chi connectivity index (χ2n) is 4.76. The molecule has 0 spiro atoms. The van der Waals surface area contributed by atoms with Gasteiger partial charge in [0, 0.05) is 18.9 Å². The van der Waals surface area contributed by atoms with Gasteiger partial charge < -0.3 is 4.57 Å². The van der Waals surface area contributed by atoms with Gasteiger partial charge >= 0.3 is 0 Å². The molecule has 110 valence electrons. The van der Waals surface area contributed by atoms with Gasteiger partial charge in [-0.1, -0.05) is 23.2 Å². The fraction of sp³-hybridized carbons (Fsp3) is 0.286. The van der Waals surface area contributed by atoms with Crippen LogP contribution in [0, 0.1) is 0 Å². The Morgan fingerprint density at radius 3 is 2.62 bits per heavy atom. The highest BCUT2D eigenvalue weighted by Crippen LogP contribution is 2.31. The van der Waals surface area contributed by atoms with Crippen molar-refractivity contribution in [2.75, 3.05) is 0 Å². The van der Waals surface area contributed by atoms with Crippen LogP contribution in [0.2, 0.25) is 10.0 Å². The monoisotopic (exact) mass is 342 g/mol. The molecule has 0 radical (unpaired) electrons. The van der Waals surface area contributed by atoms with E-state index in [9.17, 15) is 0 Å². The van der Waals surface area contributed by atoms with Crippen molar-refractivity contribution >= 4 is 45.8 Å². The molecule has 4 nitrogen and oxygen atoms in total. The van der Waals surface area contributed by atoms with Gasteiger partial charge in [0.2, 0.25) is 0 Å². The molecule has 2 heterocycles. The zero-order chi connectivity index (χ0) is 15.0. The second kappa shape index (κ2) is 5.87. The minimum atomic E-state index is -0.201. The Morgan fingerprint density at radius 2 is 1.95 bits per heavy atom. The number of hydrogen-bond acceptors (Lipinski definition) is 2. The molecule has 1 unspecified atom stereocenters. The van der Waals surface area contributed by atoms with Crippen molar-refractivity contribution in [1.29, 1.82) is 0 Å². The number of aryl methyl sites for hydroxylation is 2. The summed E-state index contributed by atoms with van der Waals surface area (Å²) >= 11 is 18.4. The van der Waals surface area contributed by atoms with E-state index in [1.807, 2.05) is 29.9 Å². The van der Waals surface area contributed by atoms with E-state index < -0.39 is 0 Å². The Hall–Kier alpha value is -1.23. The maximum absolute atomic E-state index is 6.25. The quantitative estimate of drug-likeness (QED) is 0.652. The molecule has 0 aliphatic carbocycles. The average molecular weight is 344 g/mol. The molecular weight excluding hydrogens is 331 g/mol. The summed E-state index contributed by atoms with van der Waals surface area (Å²) < 4.78 is 3.93. The molecule has 3 aromatic rings. The summed E-state index contributed by atoms with van der Waals surface area (Å²) in [5.74, 6) is 0.803. The molecule has 0 aliphatic heterocycles. The number of fused-ring (bicyclic) bond motifs is 1. The lowest BCUT2D eigenvalue weighted by Gasteiger charge is -2.11. The minimum Gasteiger partial charge on any atom is -0.325 e. The van der Waals surface area contributed by atoms with E-state index in [4.69, 9.17) is 34.8 Å². The van der Waals surface area contributed by atoms with E-state index in [-0.39, 0.29) is 5.38 Å². The normalized spacial score (nSPS) is 13.0. The number of benzene rings is 1. The number of hydrogen-bond donors (Lipinski definition) is 0. The van der Waals surface area contributed by atoms with Gasteiger partial charge in [-0.05, 0) is 25.1 Å². The van der Waals surface area contributed by atoms with Gasteiger partial charge in [-0.3, -0.25) is 4.68 Å². The Labute approximate surface area is 137 Å². The van der Waals surface area contributed by atoms with Crippen LogP contribution in [0.15, 0.2) is 30.6 Å². The standard InChI is InChI=1S/C14H13Cl3N4/c1-9(15)14-19-12-7-10(16)11(17)8-13(12)21(14)6-5-20-4-2-3-18-20/h2-4,7-9H,5-6H2,1H3. The van der Waals surface area contributed by atoms with Gasteiger partial charge in [0.1, 0.15) is 5.82 Å². The molecule has 21 heavy (non-hydrogen) atoms. The Kier molecular flexibility index (Phi) is 4.11. The third kappa shape index (κ3) is 2.89. The number of aromatic nitrogens is 4. The smallest absolute Gasteiger partial charge is 0.127 e. The SMILES string of the molecule is CC(Cl)c1nc2cc(Cl)c(Cl)cc2n1CCn1cccn1. The van der Waals surface area contributed by atoms with Crippen molar-refractivity contribution < 1.29 is 0 Å². The highest BCUT2D eigenvalue weighted by molar-refractivity contribution is 6.42. The molecule has 1 aromatic carbocycles. The van der Waals surface area contributed by atoms with Crippen molar-refractivity contribution in [3.05, 3.63) is 46.5 Å². The van der Waals surface area contributed by atoms with E-state index in [0.717, 1.165) is 23.4 Å². The average Bonchev–Trinajstić information content (AvgIpc) is 3.05. The van der Waals surface area contributed by atoms with Crippen molar-refractivity contribution in [2.24, 2.45) is 0 Å². The summed E-state index contributed by atoms with van der Waals surface area (Å²) in [6.07, 6.45) is 3.68. The first-order valence-electron chi connectivity index (χ1n) is 6.53. The van der Waals surface area contributed by atoms with Crippen molar-refractivity contribution in [1.82, 2.24) is 19.3 Å². The number of nitrogens with zero attached hydrogens (tertiary/aromatic N) is 4. The van der Waals surface area contributed by atoms with Crippen molar-refractivity contribution in [3.63, 3.8) is 0 Å². The molecule has 0 amide bonds. The molecular formula is C14H13Cl3N4. The van der Waals surface area contributed by atoms with E-state index >= 15 is 0 Å². The molecule has 0 fully saturated rings. The predicted octanol–water partition coefficient (Wildman–Crippen LogP) is 4.54. The fourth-order valence-corrected chi connectivity index (χ4v) is 2.80. The van der Waals surface area contributed by atoms with Crippen LogP contribution in [0.4, 0.5) is 0 Å². The first kappa shape index (κ1) is 14.7. The van der Waals surface area contributed by atoms with Crippen LogP contribution in [0.1, 0.15) is 18.1 Å².